The van der Waals surface area contributed by atoms with Gasteiger partial charge in [-0.3, -0.25) is 28.8 Å². The Kier molecular flexibility index (Phi) is 13.9. The Labute approximate surface area is 302 Å². The number of nitrogens with two attached hydrogens (primary N) is 1. The van der Waals surface area contributed by atoms with E-state index in [0.29, 0.717) is 32.2 Å². The topological polar surface area (TPSA) is 246 Å². The third-order valence-electron chi connectivity index (χ3n) is 9.13. The Bertz CT molecular complexity index is 1720. The van der Waals surface area contributed by atoms with E-state index in [1.165, 1.54) is 24.0 Å². The van der Waals surface area contributed by atoms with Crippen molar-refractivity contribution in [3.05, 3.63) is 65.7 Å². The molecular weight excluding hydrogens is 694 g/mol. The summed E-state index contributed by atoms with van der Waals surface area (Å²) < 4.78 is 23.3. The van der Waals surface area contributed by atoms with Crippen molar-refractivity contribution in [2.24, 2.45) is 5.14 Å². The van der Waals surface area contributed by atoms with Crippen molar-refractivity contribution < 1.29 is 42.3 Å². The lowest BCUT2D eigenvalue weighted by atomic mass is 10.0. The average molecular weight is 742 g/mol. The minimum absolute atomic E-state index is 0.0554. The summed E-state index contributed by atoms with van der Waals surface area (Å²) in [5, 5.41) is 29.1. The first-order chi connectivity index (χ1) is 24.7. The summed E-state index contributed by atoms with van der Waals surface area (Å²) in [6.07, 6.45) is 0.636. The van der Waals surface area contributed by atoms with Gasteiger partial charge in [0.25, 0.3) is 5.91 Å². The van der Waals surface area contributed by atoms with Gasteiger partial charge in [-0.15, -0.1) is 0 Å². The summed E-state index contributed by atoms with van der Waals surface area (Å²) in [5.41, 5.74) is 0.799. The number of amides is 6. The lowest BCUT2D eigenvalue weighted by Crippen LogP contribution is -2.61. The van der Waals surface area contributed by atoms with Crippen LogP contribution >= 0.6 is 0 Å². The molecule has 2 aromatic rings. The van der Waals surface area contributed by atoms with Gasteiger partial charge < -0.3 is 36.6 Å². The van der Waals surface area contributed by atoms with E-state index in [2.05, 4.69) is 26.6 Å². The van der Waals surface area contributed by atoms with E-state index in [-0.39, 0.29) is 42.2 Å². The Morgan fingerprint density at radius 3 is 2.19 bits per heavy atom. The number of nitrogens with zero attached hydrogens (tertiary/aromatic N) is 1. The molecule has 0 aliphatic carbocycles. The van der Waals surface area contributed by atoms with Crippen molar-refractivity contribution in [3.63, 3.8) is 0 Å². The highest BCUT2D eigenvalue weighted by Gasteiger charge is 2.39. The van der Waals surface area contributed by atoms with Crippen LogP contribution in [0.25, 0.3) is 0 Å². The van der Waals surface area contributed by atoms with E-state index in [9.17, 15) is 42.3 Å². The highest BCUT2D eigenvalue weighted by Crippen LogP contribution is 2.20. The molecule has 2 aliphatic heterocycles. The largest absolute Gasteiger partial charge is 0.391 e. The maximum absolute atomic E-state index is 14.0. The van der Waals surface area contributed by atoms with E-state index >= 15 is 0 Å². The summed E-state index contributed by atoms with van der Waals surface area (Å²) in [5.74, 6) is -3.84. The number of rotatable bonds is 7. The molecule has 4 rings (SSSR count). The Morgan fingerprint density at radius 2 is 1.56 bits per heavy atom. The highest BCUT2D eigenvalue weighted by atomic mass is 32.2. The molecule has 2 saturated heterocycles. The number of sulfonamides is 1. The lowest BCUT2D eigenvalue weighted by molar-refractivity contribution is -0.142. The van der Waals surface area contributed by atoms with Crippen molar-refractivity contribution in [2.75, 3.05) is 13.1 Å². The molecule has 2 aromatic carbocycles. The number of hydrogen-bond acceptors (Lipinski definition) is 9. The molecule has 282 valence electrons. The van der Waals surface area contributed by atoms with Crippen LogP contribution in [0.5, 0.6) is 0 Å². The van der Waals surface area contributed by atoms with Crippen LogP contribution in [-0.4, -0.2) is 103 Å². The van der Waals surface area contributed by atoms with Crippen molar-refractivity contribution >= 4 is 45.5 Å². The number of nitrogens with one attached hydrogen (secondary N) is 5. The summed E-state index contributed by atoms with van der Waals surface area (Å²) >= 11 is 0. The summed E-state index contributed by atoms with van der Waals surface area (Å²) in [6, 6.07) is 8.06. The van der Waals surface area contributed by atoms with Gasteiger partial charge in [-0.2, -0.15) is 0 Å². The number of carbonyl (C=O) groups is 6. The predicted octanol–water partition coefficient (Wildman–Crippen LogP) is -0.789. The number of aliphatic hydroxyl groups excluding tert-OH is 1. The molecule has 8 N–H and O–H groups in total. The summed E-state index contributed by atoms with van der Waals surface area (Å²) in [4.78, 5) is 82.5. The first-order valence-corrected chi connectivity index (χ1v) is 18.9. The van der Waals surface area contributed by atoms with Gasteiger partial charge in [0.15, 0.2) is 0 Å². The van der Waals surface area contributed by atoms with Crippen LogP contribution in [0.15, 0.2) is 59.5 Å². The molecule has 0 unspecified atom stereocenters. The molecule has 0 aromatic heterocycles. The lowest BCUT2D eigenvalue weighted by Gasteiger charge is -2.30. The third-order valence-corrected chi connectivity index (χ3v) is 10.1. The second-order valence-corrected chi connectivity index (χ2v) is 14.6. The number of fused-ring (bicyclic) bond motifs is 1. The highest BCUT2D eigenvalue weighted by molar-refractivity contribution is 7.89. The van der Waals surface area contributed by atoms with Gasteiger partial charge >= 0.3 is 0 Å². The molecule has 16 nitrogen and oxygen atoms in total. The molecule has 17 heteroatoms. The molecule has 0 spiro atoms. The van der Waals surface area contributed by atoms with Crippen LogP contribution in [0, 0.1) is 0 Å². The van der Waals surface area contributed by atoms with Gasteiger partial charge in [0.1, 0.15) is 30.2 Å². The Hall–Kier alpha value is -4.87. The van der Waals surface area contributed by atoms with Crippen LogP contribution in [0.2, 0.25) is 0 Å². The minimum atomic E-state index is -4.00. The molecule has 52 heavy (non-hydrogen) atoms. The summed E-state index contributed by atoms with van der Waals surface area (Å²) in [6.45, 7) is 3.44. The van der Waals surface area contributed by atoms with Crippen LogP contribution in [0.3, 0.4) is 0 Å². The maximum Gasteiger partial charge on any atom is 0.251 e. The SMILES string of the molecule is CC[C@@H]1NC(=O)[C@@H](NC(=O)c2ccc(S(N)(=O)=O)cc2)CCCCNC(=O)[C@@H]2CCCN2C(=O)[C@@H](Cc2ccccc2)NC(=O)[C@H]([C@@H](C)O)NC1=O. The first-order valence-electron chi connectivity index (χ1n) is 17.3. The fourth-order valence-corrected chi connectivity index (χ4v) is 6.72. The van der Waals surface area contributed by atoms with Gasteiger partial charge in [0.2, 0.25) is 39.6 Å². The van der Waals surface area contributed by atoms with E-state index in [1.54, 1.807) is 31.2 Å². The third kappa shape index (κ3) is 10.6. The molecule has 0 radical (unpaired) electrons. The van der Waals surface area contributed by atoms with Gasteiger partial charge in [-0.25, -0.2) is 13.6 Å². The molecule has 2 aliphatic rings. The van der Waals surface area contributed by atoms with E-state index in [0.717, 1.165) is 17.7 Å². The zero-order valence-corrected chi connectivity index (χ0v) is 30.0. The summed E-state index contributed by atoms with van der Waals surface area (Å²) in [7, 11) is -4.00. The van der Waals surface area contributed by atoms with Crippen molar-refractivity contribution in [1.29, 1.82) is 0 Å². The van der Waals surface area contributed by atoms with E-state index < -0.39 is 75.9 Å². The second-order valence-electron chi connectivity index (χ2n) is 13.0. The molecular formula is C35H47N7O9S. The van der Waals surface area contributed by atoms with Crippen LogP contribution < -0.4 is 31.7 Å². The standard InChI is InChI=1S/C35H47N7O9S/c1-3-25-31(45)41-29(21(2)43)34(48)40-27(20-22-10-5-4-6-11-22)35(49)42-19-9-13-28(42)33(47)37-18-8-7-12-26(32(46)38-25)39-30(44)23-14-16-24(17-15-23)52(36,50)51/h4-6,10-11,14-17,21,25-29,43H,3,7-9,12-13,18-20H2,1-2H3,(H,37,47)(H,38,46)(H,39,44)(H,40,48)(H,41,45)(H2,36,50,51)/t21-,25+,26+,27-,28+,29+/m1/s1. The van der Waals surface area contributed by atoms with Gasteiger partial charge in [-0.1, -0.05) is 37.3 Å². The number of aliphatic hydroxyl groups is 1. The van der Waals surface area contributed by atoms with Crippen molar-refractivity contribution in [3.8, 4) is 0 Å². The van der Waals surface area contributed by atoms with Crippen molar-refractivity contribution in [2.45, 2.75) is 100 Å². The second kappa shape index (κ2) is 18.1. The van der Waals surface area contributed by atoms with Gasteiger partial charge in [-0.05, 0) is 75.3 Å². The normalized spacial score (nSPS) is 24.9. The molecule has 2 fully saturated rings. The molecule has 0 bridgehead atoms. The monoisotopic (exact) mass is 741 g/mol. The van der Waals surface area contributed by atoms with E-state index in [4.69, 9.17) is 5.14 Å². The minimum Gasteiger partial charge on any atom is -0.391 e. The number of primary sulfonamides is 1. The molecule has 6 atom stereocenters. The molecule has 6 amide bonds. The fraction of sp³-hybridized carbons (Fsp3) is 0.486. The number of hydrogen-bond donors (Lipinski definition) is 7. The quantitative estimate of drug-likeness (QED) is 0.188. The fourth-order valence-electron chi connectivity index (χ4n) is 6.21. The van der Waals surface area contributed by atoms with E-state index in [1.807, 2.05) is 6.07 Å². The van der Waals surface area contributed by atoms with Crippen molar-refractivity contribution in [1.82, 2.24) is 31.5 Å². The maximum atomic E-state index is 14.0. The zero-order chi connectivity index (χ0) is 38.0. The van der Waals surface area contributed by atoms with Gasteiger partial charge in [0.05, 0.1) is 11.0 Å². The molecule has 2 heterocycles. The smallest absolute Gasteiger partial charge is 0.251 e. The Balaban J connectivity index is 1.60. The van der Waals surface area contributed by atoms with Crippen LogP contribution in [-0.2, 0) is 40.4 Å². The average Bonchev–Trinajstić information content (AvgIpc) is 3.61. The number of carbonyl (C=O) groups excluding carboxylic acids is 6. The van der Waals surface area contributed by atoms with Gasteiger partial charge in [0, 0.05) is 25.1 Å². The number of benzene rings is 2. The van der Waals surface area contributed by atoms with Crippen LogP contribution in [0.1, 0.15) is 68.3 Å². The van der Waals surface area contributed by atoms with Crippen LogP contribution in [0.4, 0.5) is 0 Å². The zero-order valence-electron chi connectivity index (χ0n) is 29.2. The molecule has 0 saturated carbocycles. The first kappa shape index (κ1) is 39.9. The predicted molar refractivity (Wildman–Crippen MR) is 189 cm³/mol. The Morgan fingerprint density at radius 1 is 0.885 bits per heavy atom.